The molecule has 204 valence electrons. The molecule has 4 fully saturated rings. The topological polar surface area (TPSA) is 128 Å². The van der Waals surface area contributed by atoms with E-state index in [9.17, 15) is 25.0 Å². The van der Waals surface area contributed by atoms with E-state index in [0.717, 1.165) is 19.3 Å². The lowest BCUT2D eigenvalue weighted by molar-refractivity contribution is -0.384. The van der Waals surface area contributed by atoms with Crippen molar-refractivity contribution in [3.05, 3.63) is 99.4 Å². The van der Waals surface area contributed by atoms with Gasteiger partial charge in [-0.2, -0.15) is 0 Å². The molecule has 2 aromatic carbocycles. The number of carbonyl (C=O) groups excluding carboxylic acids is 1. The molecule has 1 atom stereocenters. The first-order chi connectivity index (χ1) is 19.3. The molecule has 4 saturated carbocycles. The van der Waals surface area contributed by atoms with Crippen LogP contribution in [0.2, 0.25) is 0 Å². The fourth-order valence-corrected chi connectivity index (χ4v) is 8.10. The minimum absolute atomic E-state index is 0.00560. The predicted molar refractivity (Wildman–Crippen MR) is 145 cm³/mol. The summed E-state index contributed by atoms with van der Waals surface area (Å²) in [5.41, 5.74) is -0.0659. The molecule has 5 aliphatic rings. The molecule has 0 saturated heterocycles. The molecule has 40 heavy (non-hydrogen) atoms. The van der Waals surface area contributed by atoms with E-state index in [1.165, 1.54) is 37.6 Å². The van der Waals surface area contributed by atoms with Crippen LogP contribution in [0, 0.1) is 43.4 Å². The molecule has 8 rings (SSSR count). The van der Waals surface area contributed by atoms with Crippen LogP contribution >= 0.6 is 0 Å². The summed E-state index contributed by atoms with van der Waals surface area (Å²) in [6.07, 6.45) is 11.8. The zero-order valence-corrected chi connectivity index (χ0v) is 21.7. The van der Waals surface area contributed by atoms with E-state index in [4.69, 9.17) is 0 Å². The van der Waals surface area contributed by atoms with Crippen molar-refractivity contribution in [3.8, 4) is 5.69 Å². The van der Waals surface area contributed by atoms with E-state index < -0.39 is 21.4 Å². The first kappa shape index (κ1) is 24.5. The summed E-state index contributed by atoms with van der Waals surface area (Å²) in [6.45, 7) is 0. The van der Waals surface area contributed by atoms with E-state index >= 15 is 0 Å². The number of benzene rings is 2. The van der Waals surface area contributed by atoms with Gasteiger partial charge in [0.2, 0.25) is 5.91 Å². The van der Waals surface area contributed by atoms with Crippen LogP contribution in [0.15, 0.2) is 73.3 Å². The summed E-state index contributed by atoms with van der Waals surface area (Å²) in [4.78, 5) is 45.5. The van der Waals surface area contributed by atoms with E-state index in [-0.39, 0.29) is 17.3 Å². The van der Waals surface area contributed by atoms with Crippen molar-refractivity contribution in [2.24, 2.45) is 23.2 Å². The third-order valence-corrected chi connectivity index (χ3v) is 9.24. The SMILES string of the molecule is O=C(N1C=CN(c2ccccc2[N+](=O)[O-])[C@@H]1c1nccn1-c1ccccc1[N+](=O)[O-])C12CC3CC(CC(C3)C1)C2. The molecule has 0 radical (unpaired) electrons. The summed E-state index contributed by atoms with van der Waals surface area (Å²) in [5.74, 6) is 2.03. The second-order valence-corrected chi connectivity index (χ2v) is 11.6. The fraction of sp³-hybridized carbons (Fsp3) is 0.379. The highest BCUT2D eigenvalue weighted by Gasteiger charge is 2.57. The van der Waals surface area contributed by atoms with Gasteiger partial charge in [-0.3, -0.25) is 34.5 Å². The van der Waals surface area contributed by atoms with Crippen LogP contribution < -0.4 is 4.90 Å². The van der Waals surface area contributed by atoms with Gasteiger partial charge in [0.25, 0.3) is 11.4 Å². The zero-order chi connectivity index (χ0) is 27.6. The van der Waals surface area contributed by atoms with E-state index in [1.54, 1.807) is 69.4 Å². The zero-order valence-electron chi connectivity index (χ0n) is 21.7. The minimum Gasteiger partial charge on any atom is -0.313 e. The van der Waals surface area contributed by atoms with Gasteiger partial charge in [0.15, 0.2) is 12.0 Å². The molecule has 1 aromatic heterocycles. The van der Waals surface area contributed by atoms with Crippen LogP contribution in [0.5, 0.6) is 0 Å². The van der Waals surface area contributed by atoms with Gasteiger partial charge in [0, 0.05) is 36.9 Å². The van der Waals surface area contributed by atoms with Gasteiger partial charge < -0.3 is 4.90 Å². The summed E-state index contributed by atoms with van der Waals surface area (Å²) >= 11 is 0. The maximum Gasteiger partial charge on any atom is 0.293 e. The number of carbonyl (C=O) groups is 1. The molecule has 1 aliphatic heterocycles. The quantitative estimate of drug-likeness (QED) is 0.289. The maximum atomic E-state index is 14.6. The summed E-state index contributed by atoms with van der Waals surface area (Å²) < 4.78 is 1.61. The van der Waals surface area contributed by atoms with Crippen molar-refractivity contribution in [2.75, 3.05) is 4.90 Å². The Hall–Kier alpha value is -4.54. The second kappa shape index (κ2) is 9.00. The normalized spacial score (nSPS) is 28.3. The highest BCUT2D eigenvalue weighted by Crippen LogP contribution is 2.61. The Labute approximate surface area is 230 Å². The number of rotatable bonds is 6. The Kier molecular flexibility index (Phi) is 5.51. The van der Waals surface area contributed by atoms with Crippen LogP contribution in [0.1, 0.15) is 50.5 Å². The predicted octanol–water partition coefficient (Wildman–Crippen LogP) is 5.72. The Morgan fingerprint density at radius 1 is 0.825 bits per heavy atom. The average molecular weight is 541 g/mol. The third kappa shape index (κ3) is 3.71. The van der Waals surface area contributed by atoms with Crippen molar-refractivity contribution >= 4 is 23.0 Å². The number of nitro groups is 2. The molecule has 0 unspecified atom stereocenters. The van der Waals surface area contributed by atoms with Crippen molar-refractivity contribution in [1.82, 2.24) is 14.5 Å². The average Bonchev–Trinajstić information content (AvgIpc) is 3.59. The van der Waals surface area contributed by atoms with Gasteiger partial charge in [-0.25, -0.2) is 4.98 Å². The number of anilines is 1. The lowest BCUT2D eigenvalue weighted by Crippen LogP contribution is -2.54. The fourth-order valence-electron chi connectivity index (χ4n) is 8.10. The Bertz CT molecular complexity index is 1530. The summed E-state index contributed by atoms with van der Waals surface area (Å²) in [6, 6.07) is 12.7. The van der Waals surface area contributed by atoms with Crippen molar-refractivity contribution < 1.29 is 14.6 Å². The molecular formula is C29H28N6O5. The van der Waals surface area contributed by atoms with Gasteiger partial charge in [-0.15, -0.1) is 0 Å². The standard InChI is InChI=1S/C29H28N6O5/c36-28(29-16-19-13-20(17-29)15-21(14-19)18-29)33-12-11-32(23-6-2-4-8-25(23)35(39)40)27(33)26-30-9-10-31(26)22-5-1-3-7-24(22)34(37)38/h1-12,19-21,27H,13-18H2/t19?,20?,21?,27-,29?/m0/s1. The Balaban J connectivity index is 1.36. The van der Waals surface area contributed by atoms with Crippen LogP contribution in [-0.4, -0.2) is 30.2 Å². The Morgan fingerprint density at radius 3 is 1.98 bits per heavy atom. The monoisotopic (exact) mass is 540 g/mol. The number of nitrogens with zero attached hydrogens (tertiary/aromatic N) is 6. The maximum absolute atomic E-state index is 14.6. The molecule has 1 amide bonds. The molecule has 11 heteroatoms. The third-order valence-electron chi connectivity index (χ3n) is 9.24. The first-order valence-electron chi connectivity index (χ1n) is 13.6. The first-order valence-corrected chi connectivity index (χ1v) is 13.6. The largest absolute Gasteiger partial charge is 0.313 e. The number of imidazole rings is 1. The van der Waals surface area contributed by atoms with Crippen molar-refractivity contribution in [2.45, 2.75) is 44.7 Å². The van der Waals surface area contributed by atoms with Crippen LogP contribution in [0.4, 0.5) is 17.1 Å². The lowest BCUT2D eigenvalue weighted by atomic mass is 9.49. The number of hydrogen-bond donors (Lipinski definition) is 0. The number of hydrogen-bond acceptors (Lipinski definition) is 7. The molecule has 0 spiro atoms. The van der Waals surface area contributed by atoms with Gasteiger partial charge in [0.1, 0.15) is 11.4 Å². The minimum atomic E-state index is -0.864. The van der Waals surface area contributed by atoms with E-state index in [2.05, 4.69) is 4.98 Å². The second-order valence-electron chi connectivity index (χ2n) is 11.6. The smallest absolute Gasteiger partial charge is 0.293 e. The van der Waals surface area contributed by atoms with Gasteiger partial charge in [-0.05, 0) is 68.4 Å². The number of nitro benzene ring substituents is 2. The molecule has 11 nitrogen and oxygen atoms in total. The van der Waals surface area contributed by atoms with Gasteiger partial charge in [0.05, 0.1) is 15.3 Å². The molecular weight excluding hydrogens is 512 g/mol. The molecule has 3 aromatic rings. The highest BCUT2D eigenvalue weighted by molar-refractivity contribution is 5.86. The van der Waals surface area contributed by atoms with Crippen LogP contribution in [-0.2, 0) is 4.79 Å². The van der Waals surface area contributed by atoms with Crippen molar-refractivity contribution in [3.63, 3.8) is 0 Å². The van der Waals surface area contributed by atoms with E-state index in [1.807, 2.05) is 0 Å². The number of aromatic nitrogens is 2. The summed E-state index contributed by atoms with van der Waals surface area (Å²) in [5, 5.41) is 23.9. The van der Waals surface area contributed by atoms with E-state index in [0.29, 0.717) is 35.0 Å². The molecule has 4 aliphatic carbocycles. The highest BCUT2D eigenvalue weighted by atomic mass is 16.6. The van der Waals surface area contributed by atoms with Gasteiger partial charge >= 0.3 is 0 Å². The van der Waals surface area contributed by atoms with Crippen LogP contribution in [0.25, 0.3) is 5.69 Å². The van der Waals surface area contributed by atoms with Crippen LogP contribution in [0.3, 0.4) is 0 Å². The van der Waals surface area contributed by atoms with Gasteiger partial charge in [-0.1, -0.05) is 24.3 Å². The molecule has 0 N–H and O–H groups in total. The number of amides is 1. The van der Waals surface area contributed by atoms with Crippen molar-refractivity contribution in [1.29, 1.82) is 0 Å². The number of para-hydroxylation sites is 4. The summed E-state index contributed by atoms with van der Waals surface area (Å²) in [7, 11) is 0. The molecule has 4 bridgehead atoms. The molecule has 2 heterocycles. The lowest BCUT2D eigenvalue weighted by Gasteiger charge is -2.56. The Morgan fingerprint density at radius 2 is 1.38 bits per heavy atom.